The summed E-state index contributed by atoms with van der Waals surface area (Å²) in [5, 5.41) is 3.64. The first-order valence-corrected chi connectivity index (χ1v) is 6.54. The van der Waals surface area contributed by atoms with Crippen molar-refractivity contribution in [3.05, 3.63) is 71.3 Å². The van der Waals surface area contributed by atoms with Crippen LogP contribution in [0.15, 0.2) is 54.6 Å². The zero-order valence-corrected chi connectivity index (χ0v) is 11.4. The molecule has 0 aromatic heterocycles. The molecule has 1 N–H and O–H groups in total. The molecule has 0 aliphatic carbocycles. The first-order chi connectivity index (χ1) is 8.66. The third-order valence-corrected chi connectivity index (χ3v) is 3.34. The van der Waals surface area contributed by atoms with Gasteiger partial charge in [-0.1, -0.05) is 60.2 Å². The lowest BCUT2D eigenvalue weighted by atomic mass is 10.0. The maximum Gasteiger partial charge on any atom is 0.0297 e. The maximum absolute atomic E-state index is 3.64. The molecule has 94 valence electrons. The average molecular weight is 239 g/mol. The van der Waals surface area contributed by atoms with Crippen molar-refractivity contribution in [3.63, 3.8) is 0 Å². The molecule has 0 radical (unpaired) electrons. The molecule has 2 rings (SSSR count). The number of benzene rings is 2. The largest absolute Gasteiger partial charge is 0.304 e. The summed E-state index contributed by atoms with van der Waals surface area (Å²) >= 11 is 0. The van der Waals surface area contributed by atoms with Gasteiger partial charge >= 0.3 is 0 Å². The van der Waals surface area contributed by atoms with E-state index in [2.05, 4.69) is 80.7 Å². The monoisotopic (exact) mass is 239 g/mol. The van der Waals surface area contributed by atoms with Gasteiger partial charge in [-0.25, -0.2) is 0 Å². The quantitative estimate of drug-likeness (QED) is 0.833. The minimum absolute atomic E-state index is 0.361. The summed E-state index contributed by atoms with van der Waals surface area (Å²) in [5.74, 6) is 0. The number of rotatable bonds is 4. The van der Waals surface area contributed by atoms with E-state index < -0.39 is 0 Å². The Labute approximate surface area is 110 Å². The van der Waals surface area contributed by atoms with Crippen LogP contribution < -0.4 is 5.32 Å². The molecule has 2 atom stereocenters. The van der Waals surface area contributed by atoms with Gasteiger partial charge in [-0.3, -0.25) is 0 Å². The van der Waals surface area contributed by atoms with Gasteiger partial charge in [0, 0.05) is 12.1 Å². The highest BCUT2D eigenvalue weighted by atomic mass is 14.9. The van der Waals surface area contributed by atoms with Crippen molar-refractivity contribution < 1.29 is 0 Å². The third kappa shape index (κ3) is 3.21. The fraction of sp³-hybridized carbons (Fsp3) is 0.294. The molecule has 0 saturated heterocycles. The second-order valence-corrected chi connectivity index (χ2v) is 4.93. The summed E-state index contributed by atoms with van der Waals surface area (Å²) in [5.41, 5.74) is 3.99. The van der Waals surface area contributed by atoms with Crippen LogP contribution in [0.5, 0.6) is 0 Å². The van der Waals surface area contributed by atoms with E-state index in [-0.39, 0.29) is 0 Å². The molecule has 2 unspecified atom stereocenters. The Hall–Kier alpha value is -1.60. The summed E-state index contributed by atoms with van der Waals surface area (Å²) < 4.78 is 0. The predicted octanol–water partition coefficient (Wildman–Crippen LogP) is 4.41. The predicted molar refractivity (Wildman–Crippen MR) is 77.6 cm³/mol. The summed E-state index contributed by atoms with van der Waals surface area (Å²) in [7, 11) is 0. The highest BCUT2D eigenvalue weighted by Crippen LogP contribution is 2.19. The standard InChI is InChI=1S/C17H21N/c1-13-8-7-11-17(12-13)15(3)18-14(2)16-9-5-4-6-10-16/h4-12,14-15,18H,1-3H3. The average Bonchev–Trinajstić information content (AvgIpc) is 2.39. The Morgan fingerprint density at radius 1 is 0.778 bits per heavy atom. The highest BCUT2D eigenvalue weighted by molar-refractivity contribution is 5.25. The Bertz CT molecular complexity index is 490. The SMILES string of the molecule is Cc1cccc(C(C)NC(C)c2ccccc2)c1. The normalized spacial score (nSPS) is 14.2. The van der Waals surface area contributed by atoms with Gasteiger partial charge in [0.15, 0.2) is 0 Å². The molecule has 0 saturated carbocycles. The molecule has 1 nitrogen and oxygen atoms in total. The summed E-state index contributed by atoms with van der Waals surface area (Å²) in [6.45, 7) is 6.56. The number of hydrogen-bond donors (Lipinski definition) is 1. The van der Waals surface area contributed by atoms with Gasteiger partial charge in [0.2, 0.25) is 0 Å². The molecule has 0 aliphatic heterocycles. The second-order valence-electron chi connectivity index (χ2n) is 4.93. The van der Waals surface area contributed by atoms with Crippen LogP contribution >= 0.6 is 0 Å². The fourth-order valence-corrected chi connectivity index (χ4v) is 2.25. The van der Waals surface area contributed by atoms with Crippen molar-refractivity contribution in [1.29, 1.82) is 0 Å². The molecule has 18 heavy (non-hydrogen) atoms. The maximum atomic E-state index is 3.64. The van der Waals surface area contributed by atoms with E-state index in [1.54, 1.807) is 0 Å². The fourth-order valence-electron chi connectivity index (χ4n) is 2.25. The van der Waals surface area contributed by atoms with E-state index in [0.717, 1.165) is 0 Å². The van der Waals surface area contributed by atoms with Crippen molar-refractivity contribution in [2.24, 2.45) is 0 Å². The zero-order valence-electron chi connectivity index (χ0n) is 11.4. The second kappa shape index (κ2) is 5.83. The van der Waals surface area contributed by atoms with E-state index in [1.165, 1.54) is 16.7 Å². The summed E-state index contributed by atoms with van der Waals surface area (Å²) in [6, 6.07) is 20.0. The Balaban J connectivity index is 2.05. The van der Waals surface area contributed by atoms with Crippen LogP contribution in [-0.2, 0) is 0 Å². The van der Waals surface area contributed by atoms with Gasteiger partial charge in [-0.15, -0.1) is 0 Å². The van der Waals surface area contributed by atoms with E-state index in [4.69, 9.17) is 0 Å². The molecule has 0 spiro atoms. The van der Waals surface area contributed by atoms with Crippen LogP contribution in [0.2, 0.25) is 0 Å². The Morgan fingerprint density at radius 2 is 1.39 bits per heavy atom. The molecule has 1 heteroatoms. The molecule has 2 aromatic rings. The van der Waals surface area contributed by atoms with E-state index in [0.29, 0.717) is 12.1 Å². The van der Waals surface area contributed by atoms with E-state index >= 15 is 0 Å². The van der Waals surface area contributed by atoms with Crippen molar-refractivity contribution in [2.75, 3.05) is 0 Å². The van der Waals surface area contributed by atoms with Crippen molar-refractivity contribution >= 4 is 0 Å². The van der Waals surface area contributed by atoms with Gasteiger partial charge in [0.05, 0.1) is 0 Å². The van der Waals surface area contributed by atoms with Gasteiger partial charge in [0.1, 0.15) is 0 Å². The number of nitrogens with one attached hydrogen (secondary N) is 1. The van der Waals surface area contributed by atoms with E-state index in [9.17, 15) is 0 Å². The van der Waals surface area contributed by atoms with Crippen LogP contribution in [0.25, 0.3) is 0 Å². The lowest BCUT2D eigenvalue weighted by molar-refractivity contribution is 0.494. The van der Waals surface area contributed by atoms with Gasteiger partial charge in [-0.05, 0) is 31.9 Å². The first-order valence-electron chi connectivity index (χ1n) is 6.54. The lowest BCUT2D eigenvalue weighted by Crippen LogP contribution is -2.22. The van der Waals surface area contributed by atoms with Crippen molar-refractivity contribution in [3.8, 4) is 0 Å². The Morgan fingerprint density at radius 3 is 2.06 bits per heavy atom. The van der Waals surface area contributed by atoms with Crippen LogP contribution in [0.4, 0.5) is 0 Å². The van der Waals surface area contributed by atoms with Crippen LogP contribution in [0.1, 0.15) is 42.6 Å². The molecular weight excluding hydrogens is 218 g/mol. The van der Waals surface area contributed by atoms with Gasteiger partial charge in [-0.2, -0.15) is 0 Å². The number of hydrogen-bond acceptors (Lipinski definition) is 1. The highest BCUT2D eigenvalue weighted by Gasteiger charge is 2.10. The zero-order chi connectivity index (χ0) is 13.0. The van der Waals surface area contributed by atoms with Gasteiger partial charge in [0.25, 0.3) is 0 Å². The molecule has 0 bridgehead atoms. The summed E-state index contributed by atoms with van der Waals surface area (Å²) in [6.07, 6.45) is 0. The molecule has 2 aromatic carbocycles. The van der Waals surface area contributed by atoms with Crippen LogP contribution in [0.3, 0.4) is 0 Å². The minimum atomic E-state index is 0.361. The molecular formula is C17H21N. The van der Waals surface area contributed by atoms with Crippen molar-refractivity contribution in [1.82, 2.24) is 5.32 Å². The van der Waals surface area contributed by atoms with Crippen LogP contribution in [0, 0.1) is 6.92 Å². The first kappa shape index (κ1) is 12.8. The lowest BCUT2D eigenvalue weighted by Gasteiger charge is -2.21. The molecule has 0 heterocycles. The third-order valence-electron chi connectivity index (χ3n) is 3.34. The molecule has 0 fully saturated rings. The number of aryl methyl sites for hydroxylation is 1. The van der Waals surface area contributed by atoms with Crippen LogP contribution in [-0.4, -0.2) is 0 Å². The van der Waals surface area contributed by atoms with Gasteiger partial charge < -0.3 is 5.32 Å². The summed E-state index contributed by atoms with van der Waals surface area (Å²) in [4.78, 5) is 0. The Kier molecular flexibility index (Phi) is 4.16. The topological polar surface area (TPSA) is 12.0 Å². The van der Waals surface area contributed by atoms with Crippen molar-refractivity contribution in [2.45, 2.75) is 32.9 Å². The molecule has 0 aliphatic rings. The minimum Gasteiger partial charge on any atom is -0.304 e. The molecule has 0 amide bonds. The smallest absolute Gasteiger partial charge is 0.0297 e. The van der Waals surface area contributed by atoms with E-state index in [1.807, 2.05) is 0 Å².